The van der Waals surface area contributed by atoms with Gasteiger partial charge >= 0.3 is 6.16 Å². The molecule has 0 unspecified atom stereocenters. The number of hydrogen-bond acceptors (Lipinski definition) is 3. The molecule has 3 heteroatoms. The van der Waals surface area contributed by atoms with E-state index in [-0.39, 0.29) is 0 Å². The number of carbonyl (C=O) groups is 1. The van der Waals surface area contributed by atoms with Gasteiger partial charge in [-0.05, 0) is 49.4 Å². The van der Waals surface area contributed by atoms with Crippen molar-refractivity contribution in [1.82, 2.24) is 0 Å². The predicted octanol–water partition coefficient (Wildman–Crippen LogP) is 4.45. The second kappa shape index (κ2) is 7.48. The average Bonchev–Trinajstić information content (AvgIpc) is 2.49. The summed E-state index contributed by atoms with van der Waals surface area (Å²) < 4.78 is 10.3. The van der Waals surface area contributed by atoms with E-state index in [0.29, 0.717) is 12.4 Å². The SMILES string of the molecule is Cc1cccc(OC(=O)OCCCc2ccccc2)c1C. The summed E-state index contributed by atoms with van der Waals surface area (Å²) in [5.74, 6) is 0.558. The summed E-state index contributed by atoms with van der Waals surface area (Å²) in [4.78, 5) is 11.6. The topological polar surface area (TPSA) is 35.5 Å². The van der Waals surface area contributed by atoms with Crippen molar-refractivity contribution < 1.29 is 14.3 Å². The molecule has 0 bridgehead atoms. The van der Waals surface area contributed by atoms with Crippen LogP contribution in [-0.4, -0.2) is 12.8 Å². The van der Waals surface area contributed by atoms with E-state index in [4.69, 9.17) is 9.47 Å². The van der Waals surface area contributed by atoms with E-state index in [1.54, 1.807) is 6.07 Å². The molecule has 0 aliphatic rings. The van der Waals surface area contributed by atoms with Crippen LogP contribution in [0.15, 0.2) is 48.5 Å². The Balaban J connectivity index is 1.74. The minimum atomic E-state index is -0.642. The zero-order valence-electron chi connectivity index (χ0n) is 12.5. The van der Waals surface area contributed by atoms with Gasteiger partial charge in [0.1, 0.15) is 5.75 Å². The lowest BCUT2D eigenvalue weighted by Gasteiger charge is -2.09. The maximum atomic E-state index is 11.6. The Morgan fingerprint density at radius 1 is 1.00 bits per heavy atom. The quantitative estimate of drug-likeness (QED) is 0.462. The summed E-state index contributed by atoms with van der Waals surface area (Å²) in [5.41, 5.74) is 3.28. The fraction of sp³-hybridized carbons (Fsp3) is 0.278. The van der Waals surface area contributed by atoms with E-state index in [1.807, 2.05) is 44.2 Å². The van der Waals surface area contributed by atoms with Crippen LogP contribution in [0.1, 0.15) is 23.1 Å². The molecule has 0 aliphatic carbocycles. The van der Waals surface area contributed by atoms with Crippen molar-refractivity contribution >= 4 is 6.16 Å². The zero-order chi connectivity index (χ0) is 15.1. The van der Waals surface area contributed by atoms with Crippen LogP contribution in [0.5, 0.6) is 5.75 Å². The minimum Gasteiger partial charge on any atom is -0.434 e. The largest absolute Gasteiger partial charge is 0.513 e. The van der Waals surface area contributed by atoms with Crippen LogP contribution in [0, 0.1) is 13.8 Å². The Hall–Kier alpha value is -2.29. The highest BCUT2D eigenvalue weighted by Gasteiger charge is 2.09. The second-order valence-electron chi connectivity index (χ2n) is 4.99. The van der Waals surface area contributed by atoms with Gasteiger partial charge < -0.3 is 9.47 Å². The molecular weight excluding hydrogens is 264 g/mol. The van der Waals surface area contributed by atoms with E-state index in [9.17, 15) is 4.79 Å². The van der Waals surface area contributed by atoms with E-state index < -0.39 is 6.16 Å². The first-order chi connectivity index (χ1) is 10.2. The third-order valence-electron chi connectivity index (χ3n) is 3.42. The molecule has 2 aromatic carbocycles. The average molecular weight is 284 g/mol. The van der Waals surface area contributed by atoms with Gasteiger partial charge in [-0.2, -0.15) is 0 Å². The lowest BCUT2D eigenvalue weighted by Crippen LogP contribution is -2.12. The second-order valence-corrected chi connectivity index (χ2v) is 4.99. The number of aryl methyl sites for hydroxylation is 2. The van der Waals surface area contributed by atoms with Gasteiger partial charge in [0, 0.05) is 0 Å². The third kappa shape index (κ3) is 4.63. The van der Waals surface area contributed by atoms with Crippen molar-refractivity contribution in [1.29, 1.82) is 0 Å². The molecule has 0 heterocycles. The number of carbonyl (C=O) groups excluding carboxylic acids is 1. The summed E-state index contributed by atoms with van der Waals surface area (Å²) in [7, 11) is 0. The molecule has 2 aromatic rings. The van der Waals surface area contributed by atoms with Crippen molar-refractivity contribution in [2.45, 2.75) is 26.7 Å². The summed E-state index contributed by atoms with van der Waals surface area (Å²) >= 11 is 0. The number of hydrogen-bond donors (Lipinski definition) is 0. The Labute approximate surface area is 125 Å². The van der Waals surface area contributed by atoms with Gasteiger partial charge in [0.15, 0.2) is 0 Å². The molecule has 0 spiro atoms. The van der Waals surface area contributed by atoms with Gasteiger partial charge in [0.25, 0.3) is 0 Å². The van der Waals surface area contributed by atoms with E-state index >= 15 is 0 Å². The standard InChI is InChI=1S/C18H20O3/c1-14-8-6-12-17(15(14)2)21-18(19)20-13-7-11-16-9-4-3-5-10-16/h3-6,8-10,12H,7,11,13H2,1-2H3. The normalized spacial score (nSPS) is 10.2. The first-order valence-corrected chi connectivity index (χ1v) is 7.11. The first-order valence-electron chi connectivity index (χ1n) is 7.11. The fourth-order valence-electron chi connectivity index (χ4n) is 2.03. The van der Waals surface area contributed by atoms with Crippen LogP contribution in [0.4, 0.5) is 4.79 Å². The predicted molar refractivity (Wildman–Crippen MR) is 82.7 cm³/mol. The molecule has 110 valence electrons. The summed E-state index contributed by atoms with van der Waals surface area (Å²) in [6, 6.07) is 15.7. The van der Waals surface area contributed by atoms with Crippen LogP contribution in [-0.2, 0) is 11.2 Å². The summed E-state index contributed by atoms with van der Waals surface area (Å²) in [6.07, 6.45) is 1.03. The van der Waals surface area contributed by atoms with Crippen molar-refractivity contribution in [3.63, 3.8) is 0 Å². The van der Waals surface area contributed by atoms with Gasteiger partial charge in [0.05, 0.1) is 6.61 Å². The molecule has 21 heavy (non-hydrogen) atoms. The Bertz CT molecular complexity index is 591. The van der Waals surface area contributed by atoms with Crippen LogP contribution in [0.25, 0.3) is 0 Å². The van der Waals surface area contributed by atoms with Gasteiger partial charge in [-0.25, -0.2) is 4.79 Å². The number of rotatable bonds is 5. The summed E-state index contributed by atoms with van der Waals surface area (Å²) in [6.45, 7) is 4.26. The lowest BCUT2D eigenvalue weighted by atomic mass is 10.1. The highest BCUT2D eigenvalue weighted by atomic mass is 16.7. The molecule has 0 amide bonds. The first kappa shape index (κ1) is 15.1. The van der Waals surface area contributed by atoms with Crippen LogP contribution in [0.3, 0.4) is 0 Å². The minimum absolute atomic E-state index is 0.360. The Morgan fingerprint density at radius 3 is 2.52 bits per heavy atom. The monoisotopic (exact) mass is 284 g/mol. The molecular formula is C18H20O3. The summed E-state index contributed by atoms with van der Waals surface area (Å²) in [5, 5.41) is 0. The fourth-order valence-corrected chi connectivity index (χ4v) is 2.03. The van der Waals surface area contributed by atoms with Crippen LogP contribution >= 0.6 is 0 Å². The molecule has 0 N–H and O–H groups in total. The number of benzene rings is 2. The van der Waals surface area contributed by atoms with Crippen molar-refractivity contribution in [2.75, 3.05) is 6.61 Å². The highest BCUT2D eigenvalue weighted by molar-refractivity contribution is 5.64. The molecule has 2 rings (SSSR count). The van der Waals surface area contributed by atoms with E-state index in [0.717, 1.165) is 24.0 Å². The molecule has 3 nitrogen and oxygen atoms in total. The van der Waals surface area contributed by atoms with Crippen LogP contribution < -0.4 is 4.74 Å². The van der Waals surface area contributed by atoms with Crippen molar-refractivity contribution in [3.8, 4) is 5.75 Å². The smallest absolute Gasteiger partial charge is 0.434 e. The van der Waals surface area contributed by atoms with Gasteiger partial charge in [-0.3, -0.25) is 0 Å². The van der Waals surface area contributed by atoms with Gasteiger partial charge in [-0.1, -0.05) is 42.5 Å². The molecule has 0 saturated heterocycles. The molecule has 0 aliphatic heterocycles. The Kier molecular flexibility index (Phi) is 5.38. The lowest BCUT2D eigenvalue weighted by molar-refractivity contribution is 0.0978. The molecule has 0 fully saturated rings. The molecule has 0 radical (unpaired) electrons. The highest BCUT2D eigenvalue weighted by Crippen LogP contribution is 2.20. The van der Waals surface area contributed by atoms with E-state index in [1.165, 1.54) is 5.56 Å². The molecule has 0 saturated carbocycles. The van der Waals surface area contributed by atoms with Crippen LogP contribution in [0.2, 0.25) is 0 Å². The molecule has 0 atom stereocenters. The third-order valence-corrected chi connectivity index (χ3v) is 3.42. The zero-order valence-corrected chi connectivity index (χ0v) is 12.5. The number of ether oxygens (including phenoxy) is 2. The maximum Gasteiger partial charge on any atom is 0.513 e. The van der Waals surface area contributed by atoms with E-state index in [2.05, 4.69) is 12.1 Å². The maximum absolute atomic E-state index is 11.6. The van der Waals surface area contributed by atoms with Gasteiger partial charge in [0.2, 0.25) is 0 Å². The van der Waals surface area contributed by atoms with Gasteiger partial charge in [-0.15, -0.1) is 0 Å². The van der Waals surface area contributed by atoms with Crippen molar-refractivity contribution in [2.24, 2.45) is 0 Å². The molecule has 0 aromatic heterocycles. The Morgan fingerprint density at radius 2 is 1.76 bits per heavy atom. The van der Waals surface area contributed by atoms with Crippen molar-refractivity contribution in [3.05, 3.63) is 65.2 Å².